The third-order valence-electron chi connectivity index (χ3n) is 2.62. The normalized spacial score (nSPS) is 10.4. The maximum Gasteiger partial charge on any atom is 0.296 e. The van der Waals surface area contributed by atoms with Crippen LogP contribution < -0.4 is 10.2 Å². The van der Waals surface area contributed by atoms with E-state index in [4.69, 9.17) is 37.7 Å². The van der Waals surface area contributed by atoms with Crippen LogP contribution in [0.4, 0.5) is 0 Å². The molecule has 2 aromatic rings. The van der Waals surface area contributed by atoms with E-state index in [9.17, 15) is 4.79 Å². The Labute approximate surface area is 130 Å². The predicted octanol–water partition coefficient (Wildman–Crippen LogP) is 3.11. The molecule has 0 aliphatic carbocycles. The fourth-order valence-corrected chi connectivity index (χ4v) is 1.89. The number of amides is 1. The number of ether oxygens (including phenoxy) is 1. The largest absolute Gasteiger partial charge is 0.494 e. The first-order chi connectivity index (χ1) is 10.1. The summed E-state index contributed by atoms with van der Waals surface area (Å²) in [4.78, 5) is 11.1. The van der Waals surface area contributed by atoms with Gasteiger partial charge in [0.25, 0.3) is 5.91 Å². The van der Waals surface area contributed by atoms with Gasteiger partial charge in [-0.05, 0) is 18.6 Å². The number of hydroxylamine groups is 1. The number of carbonyl (C=O) groups is 1. The number of benzene rings is 1. The van der Waals surface area contributed by atoms with Crippen LogP contribution in [0.25, 0.3) is 0 Å². The molecular weight excluding hydrogens is 319 g/mol. The standard InChI is InChI=1S/C13H12Cl2N2O4/c14-10-4-3-8(6-11(10)15)20-5-1-2-9-7-12(17-21-9)13(18)16-19/h3-4,6-7,19H,1-2,5H2,(H,16,18). The van der Waals surface area contributed by atoms with E-state index in [1.165, 1.54) is 11.5 Å². The van der Waals surface area contributed by atoms with E-state index >= 15 is 0 Å². The van der Waals surface area contributed by atoms with Crippen LogP contribution in [0.1, 0.15) is 22.7 Å². The van der Waals surface area contributed by atoms with E-state index in [-0.39, 0.29) is 5.69 Å². The molecular formula is C13H12Cl2N2O4. The number of aryl methyl sites for hydroxylation is 1. The maximum absolute atomic E-state index is 11.1. The highest BCUT2D eigenvalue weighted by Crippen LogP contribution is 2.26. The lowest BCUT2D eigenvalue weighted by Crippen LogP contribution is -2.18. The molecule has 2 N–H and O–H groups in total. The average Bonchev–Trinajstić information content (AvgIpc) is 2.95. The molecule has 0 spiro atoms. The summed E-state index contributed by atoms with van der Waals surface area (Å²) in [7, 11) is 0. The summed E-state index contributed by atoms with van der Waals surface area (Å²) in [5.74, 6) is 0.450. The molecule has 21 heavy (non-hydrogen) atoms. The summed E-state index contributed by atoms with van der Waals surface area (Å²) >= 11 is 11.7. The monoisotopic (exact) mass is 330 g/mol. The molecule has 0 fully saturated rings. The minimum absolute atomic E-state index is 0.0258. The first-order valence-corrected chi connectivity index (χ1v) is 6.83. The van der Waals surface area contributed by atoms with Crippen LogP contribution in [0.5, 0.6) is 5.75 Å². The molecule has 0 aliphatic rings. The van der Waals surface area contributed by atoms with Crippen molar-refractivity contribution in [3.8, 4) is 5.75 Å². The van der Waals surface area contributed by atoms with Gasteiger partial charge in [-0.25, -0.2) is 5.48 Å². The van der Waals surface area contributed by atoms with Crippen LogP contribution in [0.2, 0.25) is 10.0 Å². The van der Waals surface area contributed by atoms with Crippen LogP contribution in [-0.2, 0) is 6.42 Å². The molecule has 0 saturated carbocycles. The number of aromatic nitrogens is 1. The van der Waals surface area contributed by atoms with Crippen LogP contribution in [0.3, 0.4) is 0 Å². The third kappa shape index (κ3) is 4.35. The Kier molecular flexibility index (Phi) is 5.44. The lowest BCUT2D eigenvalue weighted by Gasteiger charge is -2.06. The summed E-state index contributed by atoms with van der Waals surface area (Å²) in [6, 6.07) is 6.49. The van der Waals surface area contributed by atoms with Crippen LogP contribution >= 0.6 is 23.2 Å². The number of nitrogens with one attached hydrogen (secondary N) is 1. The first-order valence-electron chi connectivity index (χ1n) is 6.08. The van der Waals surface area contributed by atoms with Gasteiger partial charge in [0.15, 0.2) is 5.69 Å². The highest BCUT2D eigenvalue weighted by molar-refractivity contribution is 6.42. The number of hydrogen-bond acceptors (Lipinski definition) is 5. The van der Waals surface area contributed by atoms with Gasteiger partial charge < -0.3 is 9.26 Å². The molecule has 0 saturated heterocycles. The van der Waals surface area contributed by atoms with E-state index in [0.29, 0.717) is 41.0 Å². The van der Waals surface area contributed by atoms with E-state index in [2.05, 4.69) is 5.16 Å². The van der Waals surface area contributed by atoms with E-state index in [1.54, 1.807) is 18.2 Å². The lowest BCUT2D eigenvalue weighted by molar-refractivity contribution is 0.0696. The minimum atomic E-state index is -0.711. The second-order valence-electron chi connectivity index (χ2n) is 4.15. The second kappa shape index (κ2) is 7.31. The smallest absolute Gasteiger partial charge is 0.296 e. The van der Waals surface area contributed by atoms with Crippen LogP contribution in [0, 0.1) is 0 Å². The molecule has 8 heteroatoms. The van der Waals surface area contributed by atoms with E-state index < -0.39 is 5.91 Å². The Morgan fingerprint density at radius 1 is 1.33 bits per heavy atom. The molecule has 1 aromatic carbocycles. The maximum atomic E-state index is 11.1. The minimum Gasteiger partial charge on any atom is -0.494 e. The predicted molar refractivity (Wildman–Crippen MR) is 76.0 cm³/mol. The van der Waals surface area contributed by atoms with Crippen LogP contribution in [-0.4, -0.2) is 22.9 Å². The highest BCUT2D eigenvalue weighted by atomic mass is 35.5. The number of halogens is 2. The van der Waals surface area contributed by atoms with Gasteiger partial charge in [-0.3, -0.25) is 10.0 Å². The summed E-state index contributed by atoms with van der Waals surface area (Å²) in [6.07, 6.45) is 1.21. The molecule has 2 rings (SSSR count). The van der Waals surface area contributed by atoms with Gasteiger partial charge >= 0.3 is 0 Å². The fraction of sp³-hybridized carbons (Fsp3) is 0.231. The van der Waals surface area contributed by atoms with Gasteiger partial charge in [0.05, 0.1) is 16.7 Å². The summed E-state index contributed by atoms with van der Waals surface area (Å²) in [6.45, 7) is 0.445. The Morgan fingerprint density at radius 2 is 2.14 bits per heavy atom. The molecule has 0 atom stereocenters. The van der Waals surface area contributed by atoms with Gasteiger partial charge in [-0.2, -0.15) is 0 Å². The number of nitrogens with zero attached hydrogens (tertiary/aromatic N) is 1. The number of rotatable bonds is 6. The highest BCUT2D eigenvalue weighted by Gasteiger charge is 2.11. The van der Waals surface area contributed by atoms with Gasteiger partial charge in [-0.1, -0.05) is 28.4 Å². The van der Waals surface area contributed by atoms with Gasteiger partial charge in [-0.15, -0.1) is 0 Å². The van der Waals surface area contributed by atoms with Crippen molar-refractivity contribution in [2.24, 2.45) is 0 Å². The lowest BCUT2D eigenvalue weighted by atomic mass is 10.2. The first kappa shape index (κ1) is 15.6. The van der Waals surface area contributed by atoms with Crippen molar-refractivity contribution in [1.29, 1.82) is 0 Å². The molecule has 0 radical (unpaired) electrons. The Morgan fingerprint density at radius 3 is 2.86 bits per heavy atom. The van der Waals surface area contributed by atoms with E-state index in [1.807, 2.05) is 0 Å². The molecule has 1 heterocycles. The van der Waals surface area contributed by atoms with Crippen molar-refractivity contribution in [2.75, 3.05) is 6.61 Å². The van der Waals surface area contributed by atoms with Gasteiger partial charge in [0.1, 0.15) is 11.5 Å². The topological polar surface area (TPSA) is 84.6 Å². The second-order valence-corrected chi connectivity index (χ2v) is 4.96. The summed E-state index contributed by atoms with van der Waals surface area (Å²) in [5.41, 5.74) is 1.51. The van der Waals surface area contributed by atoms with Gasteiger partial charge in [0, 0.05) is 18.6 Å². The number of carbonyl (C=O) groups excluding carboxylic acids is 1. The quantitative estimate of drug-likeness (QED) is 0.483. The molecule has 0 aliphatic heterocycles. The average molecular weight is 331 g/mol. The van der Waals surface area contributed by atoms with Crippen molar-refractivity contribution in [3.63, 3.8) is 0 Å². The zero-order valence-corrected chi connectivity index (χ0v) is 12.3. The third-order valence-corrected chi connectivity index (χ3v) is 3.36. The molecule has 1 amide bonds. The van der Waals surface area contributed by atoms with Crippen molar-refractivity contribution in [2.45, 2.75) is 12.8 Å². The van der Waals surface area contributed by atoms with Crippen molar-refractivity contribution in [1.82, 2.24) is 10.6 Å². The molecule has 112 valence electrons. The SMILES string of the molecule is O=C(NO)c1cc(CCCOc2ccc(Cl)c(Cl)c2)on1. The molecule has 6 nitrogen and oxygen atoms in total. The Bertz CT molecular complexity index is 630. The Hall–Kier alpha value is -1.76. The van der Waals surface area contributed by atoms with Crippen molar-refractivity contribution < 1.29 is 19.3 Å². The zero-order valence-electron chi connectivity index (χ0n) is 10.8. The Balaban J connectivity index is 1.78. The van der Waals surface area contributed by atoms with E-state index in [0.717, 1.165) is 0 Å². The van der Waals surface area contributed by atoms with Crippen molar-refractivity contribution in [3.05, 3.63) is 45.8 Å². The molecule has 0 unspecified atom stereocenters. The van der Waals surface area contributed by atoms with Crippen molar-refractivity contribution >= 4 is 29.1 Å². The summed E-state index contributed by atoms with van der Waals surface area (Å²) in [5, 5.41) is 12.9. The fourth-order valence-electron chi connectivity index (χ4n) is 1.60. The molecule has 0 bridgehead atoms. The summed E-state index contributed by atoms with van der Waals surface area (Å²) < 4.78 is 10.5. The zero-order chi connectivity index (χ0) is 15.2. The number of hydrogen-bond donors (Lipinski definition) is 2. The molecule has 1 aromatic heterocycles. The van der Waals surface area contributed by atoms with Gasteiger partial charge in [0.2, 0.25) is 0 Å². The van der Waals surface area contributed by atoms with Crippen LogP contribution in [0.15, 0.2) is 28.8 Å².